The van der Waals surface area contributed by atoms with E-state index in [2.05, 4.69) is 67.7 Å². The monoisotopic (exact) mass is 300 g/mol. The summed E-state index contributed by atoms with van der Waals surface area (Å²) in [5.74, 6) is 0.261. The zero-order chi connectivity index (χ0) is 16.3. The number of ketones is 1. The van der Waals surface area contributed by atoms with Crippen LogP contribution in [0.3, 0.4) is 0 Å². The molecule has 22 heavy (non-hydrogen) atoms. The van der Waals surface area contributed by atoms with Gasteiger partial charge in [-0.25, -0.2) is 0 Å². The molecule has 122 valence electrons. The number of carbonyl (C=O) groups is 1. The Morgan fingerprint density at radius 1 is 0.636 bits per heavy atom. The number of rotatable bonds is 13. The van der Waals surface area contributed by atoms with E-state index in [1.165, 1.54) is 12.8 Å². The van der Waals surface area contributed by atoms with Crippen LogP contribution in [0, 0.1) is 0 Å². The van der Waals surface area contributed by atoms with Crippen molar-refractivity contribution in [1.29, 1.82) is 0 Å². The average molecular weight is 300 g/mol. The minimum absolute atomic E-state index is 0.261. The van der Waals surface area contributed by atoms with E-state index in [0.29, 0.717) is 6.42 Å². The topological polar surface area (TPSA) is 17.1 Å². The van der Waals surface area contributed by atoms with Gasteiger partial charge in [-0.3, -0.25) is 0 Å². The molecule has 0 bridgehead atoms. The molecular weight excluding hydrogens is 268 g/mol. The molecule has 0 amide bonds. The van der Waals surface area contributed by atoms with Crippen LogP contribution >= 0.6 is 0 Å². The first-order chi connectivity index (χ1) is 10.8. The highest BCUT2D eigenvalue weighted by Gasteiger charge is 1.87. The summed E-state index contributed by atoms with van der Waals surface area (Å²) in [7, 11) is 0. The molecule has 0 saturated heterocycles. The quantitative estimate of drug-likeness (QED) is 0.355. The van der Waals surface area contributed by atoms with Gasteiger partial charge in [0, 0.05) is 6.42 Å². The number of unbranched alkanes of at least 4 members (excludes halogenated alkanes) is 1. The lowest BCUT2D eigenvalue weighted by atomic mass is 10.2. The van der Waals surface area contributed by atoms with Crippen molar-refractivity contribution in [3.63, 3.8) is 0 Å². The van der Waals surface area contributed by atoms with Gasteiger partial charge in [-0.2, -0.15) is 0 Å². The molecule has 0 aromatic rings. The lowest BCUT2D eigenvalue weighted by molar-refractivity contribution is -0.116. The fraction of sp³-hybridized carbons (Fsp3) is 0.476. The molecule has 0 fully saturated rings. The first-order valence-electron chi connectivity index (χ1n) is 8.51. The van der Waals surface area contributed by atoms with Crippen molar-refractivity contribution in [2.45, 2.75) is 65.2 Å². The molecule has 0 N–H and O–H groups in total. The van der Waals surface area contributed by atoms with Gasteiger partial charge in [0.05, 0.1) is 0 Å². The summed E-state index contributed by atoms with van der Waals surface area (Å²) in [6, 6.07) is 0. The smallest absolute Gasteiger partial charge is 0.130 e. The summed E-state index contributed by atoms with van der Waals surface area (Å²) in [6.45, 7) is 3.84. The Hall–Kier alpha value is -1.63. The molecule has 0 atom stereocenters. The second-order valence-corrected chi connectivity index (χ2v) is 5.33. The van der Waals surface area contributed by atoms with Crippen LogP contribution < -0.4 is 0 Å². The summed E-state index contributed by atoms with van der Waals surface area (Å²) in [5.41, 5.74) is 0. The molecule has 1 nitrogen and oxygen atoms in total. The van der Waals surface area contributed by atoms with Crippen LogP contribution in [0.15, 0.2) is 60.8 Å². The Morgan fingerprint density at radius 3 is 1.36 bits per heavy atom. The summed E-state index contributed by atoms with van der Waals surface area (Å²) in [5, 5.41) is 0. The van der Waals surface area contributed by atoms with E-state index in [9.17, 15) is 4.79 Å². The van der Waals surface area contributed by atoms with E-state index < -0.39 is 0 Å². The molecular formula is C21H32O. The van der Waals surface area contributed by atoms with E-state index in [1.807, 2.05) is 0 Å². The van der Waals surface area contributed by atoms with Crippen molar-refractivity contribution in [2.24, 2.45) is 0 Å². The Bertz CT molecular complexity index is 394. The maximum Gasteiger partial charge on any atom is 0.130 e. The molecule has 0 aliphatic carbocycles. The van der Waals surface area contributed by atoms with Crippen LogP contribution in [0.4, 0.5) is 0 Å². The van der Waals surface area contributed by atoms with Crippen LogP contribution in [-0.4, -0.2) is 5.78 Å². The SMILES string of the molecule is CCCC=CCC=CCC=CCC=CCC=CCCC(C)=O. The van der Waals surface area contributed by atoms with Gasteiger partial charge in [0.25, 0.3) is 0 Å². The van der Waals surface area contributed by atoms with Crippen molar-refractivity contribution in [1.82, 2.24) is 0 Å². The number of Topliss-reactive ketones (excluding diaryl/α,β-unsaturated/α-hetero) is 1. The standard InChI is InChI=1S/C21H32O/c1-3-4-5-6-7-8-9-10-11-12-13-14-15-16-17-18-19-20-21(2)22/h5-6,8-9,11-12,14-15,17-18H,3-4,7,10,13,16,19-20H2,1-2H3. The normalized spacial score (nSPS) is 12.8. The fourth-order valence-corrected chi connectivity index (χ4v) is 1.77. The summed E-state index contributed by atoms with van der Waals surface area (Å²) < 4.78 is 0. The summed E-state index contributed by atoms with van der Waals surface area (Å²) in [6.07, 6.45) is 29.8. The lowest BCUT2D eigenvalue weighted by Gasteiger charge is -1.87. The number of allylic oxidation sites excluding steroid dienone is 10. The van der Waals surface area contributed by atoms with Crippen LogP contribution in [0.5, 0.6) is 0 Å². The highest BCUT2D eigenvalue weighted by atomic mass is 16.1. The first-order valence-corrected chi connectivity index (χ1v) is 8.51. The second-order valence-electron chi connectivity index (χ2n) is 5.33. The molecule has 0 aliphatic rings. The van der Waals surface area contributed by atoms with Crippen LogP contribution in [0.25, 0.3) is 0 Å². The van der Waals surface area contributed by atoms with Crippen molar-refractivity contribution in [2.75, 3.05) is 0 Å². The first kappa shape index (κ1) is 20.4. The minimum atomic E-state index is 0.261. The van der Waals surface area contributed by atoms with Gasteiger partial charge in [-0.15, -0.1) is 0 Å². The number of hydrogen-bond donors (Lipinski definition) is 0. The third kappa shape index (κ3) is 18.4. The molecule has 0 aromatic carbocycles. The molecule has 0 aliphatic heterocycles. The van der Waals surface area contributed by atoms with E-state index in [-0.39, 0.29) is 5.78 Å². The summed E-state index contributed by atoms with van der Waals surface area (Å²) >= 11 is 0. The molecule has 0 saturated carbocycles. The highest BCUT2D eigenvalue weighted by molar-refractivity contribution is 5.75. The maximum atomic E-state index is 10.7. The van der Waals surface area contributed by atoms with Gasteiger partial charge in [-0.05, 0) is 45.4 Å². The predicted molar refractivity (Wildman–Crippen MR) is 99.0 cm³/mol. The third-order valence-electron chi connectivity index (χ3n) is 3.04. The Kier molecular flexibility index (Phi) is 16.1. The van der Waals surface area contributed by atoms with Gasteiger partial charge >= 0.3 is 0 Å². The van der Waals surface area contributed by atoms with E-state index >= 15 is 0 Å². The van der Waals surface area contributed by atoms with E-state index in [4.69, 9.17) is 0 Å². The summed E-state index contributed by atoms with van der Waals surface area (Å²) in [4.78, 5) is 10.7. The Labute approximate surface area is 137 Å². The average Bonchev–Trinajstić information content (AvgIpc) is 2.50. The van der Waals surface area contributed by atoms with Gasteiger partial charge < -0.3 is 4.79 Å². The van der Waals surface area contributed by atoms with Crippen LogP contribution in [-0.2, 0) is 4.79 Å². The molecule has 1 heteroatoms. The largest absolute Gasteiger partial charge is 0.300 e. The predicted octanol–water partition coefficient (Wildman–Crippen LogP) is 6.50. The van der Waals surface area contributed by atoms with Crippen molar-refractivity contribution in [3.8, 4) is 0 Å². The third-order valence-corrected chi connectivity index (χ3v) is 3.04. The highest BCUT2D eigenvalue weighted by Crippen LogP contribution is 1.97. The lowest BCUT2D eigenvalue weighted by Crippen LogP contribution is -1.85. The zero-order valence-electron chi connectivity index (χ0n) is 14.3. The van der Waals surface area contributed by atoms with Crippen LogP contribution in [0.2, 0.25) is 0 Å². The molecule has 0 heterocycles. The Balaban J connectivity index is 3.48. The second kappa shape index (κ2) is 17.4. The Morgan fingerprint density at radius 2 is 1.00 bits per heavy atom. The molecule has 0 spiro atoms. The maximum absolute atomic E-state index is 10.7. The molecule has 0 radical (unpaired) electrons. The van der Waals surface area contributed by atoms with Crippen molar-refractivity contribution < 1.29 is 4.79 Å². The van der Waals surface area contributed by atoms with E-state index in [0.717, 1.165) is 32.1 Å². The van der Waals surface area contributed by atoms with Gasteiger partial charge in [0.1, 0.15) is 5.78 Å². The van der Waals surface area contributed by atoms with E-state index in [1.54, 1.807) is 6.92 Å². The number of hydrogen-bond acceptors (Lipinski definition) is 1. The molecule has 0 rings (SSSR count). The fourth-order valence-electron chi connectivity index (χ4n) is 1.77. The van der Waals surface area contributed by atoms with Crippen molar-refractivity contribution in [3.05, 3.63) is 60.8 Å². The zero-order valence-corrected chi connectivity index (χ0v) is 14.3. The molecule has 0 aromatic heterocycles. The minimum Gasteiger partial charge on any atom is -0.300 e. The van der Waals surface area contributed by atoms with Gasteiger partial charge in [0.2, 0.25) is 0 Å². The molecule has 0 unspecified atom stereocenters. The number of carbonyl (C=O) groups excluding carboxylic acids is 1. The van der Waals surface area contributed by atoms with Crippen molar-refractivity contribution >= 4 is 5.78 Å². The van der Waals surface area contributed by atoms with Crippen LogP contribution in [0.1, 0.15) is 65.2 Å². The van der Waals surface area contributed by atoms with Gasteiger partial charge in [0.15, 0.2) is 0 Å². The van der Waals surface area contributed by atoms with Gasteiger partial charge in [-0.1, -0.05) is 74.1 Å².